The van der Waals surface area contributed by atoms with Crippen LogP contribution in [0.5, 0.6) is 11.5 Å². The molecule has 0 radical (unpaired) electrons. The number of halogens is 1. The summed E-state index contributed by atoms with van der Waals surface area (Å²) in [5.41, 5.74) is 7.21. The van der Waals surface area contributed by atoms with E-state index in [1.54, 1.807) is 13.2 Å². The zero-order chi connectivity index (χ0) is 13.7. The van der Waals surface area contributed by atoms with Crippen LogP contribution in [0.15, 0.2) is 42.5 Å². The van der Waals surface area contributed by atoms with Gasteiger partial charge in [-0.05, 0) is 35.4 Å². The van der Waals surface area contributed by atoms with Crippen molar-refractivity contribution in [2.75, 3.05) is 7.11 Å². The third kappa shape index (κ3) is 3.23. The zero-order valence-corrected chi connectivity index (χ0v) is 10.7. The Morgan fingerprint density at radius 3 is 2.47 bits per heavy atom. The maximum atomic E-state index is 13.1. The van der Waals surface area contributed by atoms with Crippen molar-refractivity contribution < 1.29 is 13.9 Å². The Morgan fingerprint density at radius 2 is 1.79 bits per heavy atom. The molecule has 3 nitrogen and oxygen atoms in total. The van der Waals surface area contributed by atoms with Crippen LogP contribution >= 0.6 is 0 Å². The van der Waals surface area contributed by atoms with Crippen LogP contribution in [0, 0.1) is 5.82 Å². The normalized spacial score (nSPS) is 10.3. The molecule has 0 aliphatic heterocycles. The van der Waals surface area contributed by atoms with Gasteiger partial charge in [-0.25, -0.2) is 4.39 Å². The number of hydrogen-bond donors (Lipinski definition) is 1. The Hall–Kier alpha value is -2.07. The quantitative estimate of drug-likeness (QED) is 0.900. The molecule has 0 saturated carbocycles. The number of nitrogens with two attached hydrogens (primary N) is 1. The van der Waals surface area contributed by atoms with Crippen LogP contribution in [-0.2, 0) is 13.2 Å². The molecule has 0 bridgehead atoms. The number of methoxy groups -OCH3 is 1. The van der Waals surface area contributed by atoms with Gasteiger partial charge in [-0.15, -0.1) is 0 Å². The highest BCUT2D eigenvalue weighted by Crippen LogP contribution is 2.27. The average Bonchev–Trinajstić information content (AvgIpc) is 2.46. The Morgan fingerprint density at radius 1 is 1.05 bits per heavy atom. The second-order valence-corrected chi connectivity index (χ2v) is 4.06. The van der Waals surface area contributed by atoms with Gasteiger partial charge in [-0.1, -0.05) is 18.2 Å². The number of ether oxygens (including phenoxy) is 2. The largest absolute Gasteiger partial charge is 0.493 e. The summed E-state index contributed by atoms with van der Waals surface area (Å²) in [5, 5.41) is 0. The van der Waals surface area contributed by atoms with Gasteiger partial charge in [-0.3, -0.25) is 0 Å². The standard InChI is InChI=1S/C15H16FNO2/c1-18-14-4-2-3-5-15(14)19-10-11-6-7-13(16)8-12(11)9-17/h2-8H,9-10,17H2,1H3. The van der Waals surface area contributed by atoms with Gasteiger partial charge in [0.2, 0.25) is 0 Å². The minimum Gasteiger partial charge on any atom is -0.493 e. The first-order chi connectivity index (χ1) is 9.24. The summed E-state index contributed by atoms with van der Waals surface area (Å²) in [6, 6.07) is 11.9. The predicted octanol–water partition coefficient (Wildman–Crippen LogP) is 2.87. The highest BCUT2D eigenvalue weighted by atomic mass is 19.1. The monoisotopic (exact) mass is 261 g/mol. The molecule has 0 aromatic heterocycles. The van der Waals surface area contributed by atoms with Crippen LogP contribution < -0.4 is 15.2 Å². The smallest absolute Gasteiger partial charge is 0.161 e. The molecule has 100 valence electrons. The fourth-order valence-electron chi connectivity index (χ4n) is 1.82. The molecular formula is C15H16FNO2. The molecule has 0 heterocycles. The lowest BCUT2D eigenvalue weighted by Gasteiger charge is -2.12. The highest BCUT2D eigenvalue weighted by molar-refractivity contribution is 5.39. The van der Waals surface area contributed by atoms with Crippen LogP contribution in [0.1, 0.15) is 11.1 Å². The molecule has 0 unspecified atom stereocenters. The average molecular weight is 261 g/mol. The van der Waals surface area contributed by atoms with Crippen molar-refractivity contribution in [2.24, 2.45) is 5.73 Å². The summed E-state index contributed by atoms with van der Waals surface area (Å²) in [4.78, 5) is 0. The molecule has 0 amide bonds. The van der Waals surface area contributed by atoms with Gasteiger partial charge in [0.1, 0.15) is 12.4 Å². The van der Waals surface area contributed by atoms with Crippen molar-refractivity contribution in [2.45, 2.75) is 13.2 Å². The van der Waals surface area contributed by atoms with E-state index in [-0.39, 0.29) is 12.4 Å². The SMILES string of the molecule is COc1ccccc1OCc1ccc(F)cc1CN. The Balaban J connectivity index is 2.14. The molecular weight excluding hydrogens is 245 g/mol. The highest BCUT2D eigenvalue weighted by Gasteiger charge is 2.06. The minimum atomic E-state index is -0.290. The van der Waals surface area contributed by atoms with Crippen LogP contribution in [0.25, 0.3) is 0 Å². The van der Waals surface area contributed by atoms with Gasteiger partial charge < -0.3 is 15.2 Å². The lowest BCUT2D eigenvalue weighted by molar-refractivity contribution is 0.283. The summed E-state index contributed by atoms with van der Waals surface area (Å²) < 4.78 is 24.0. The van der Waals surface area contributed by atoms with Gasteiger partial charge in [0.05, 0.1) is 7.11 Å². The van der Waals surface area contributed by atoms with Crippen molar-refractivity contribution in [3.05, 3.63) is 59.4 Å². The third-order valence-electron chi connectivity index (χ3n) is 2.84. The molecule has 0 spiro atoms. The number of para-hydroxylation sites is 2. The molecule has 2 rings (SSSR count). The molecule has 2 aromatic carbocycles. The van der Waals surface area contributed by atoms with E-state index in [0.717, 1.165) is 11.1 Å². The van der Waals surface area contributed by atoms with E-state index in [0.29, 0.717) is 18.1 Å². The third-order valence-corrected chi connectivity index (χ3v) is 2.84. The van der Waals surface area contributed by atoms with Crippen molar-refractivity contribution in [1.29, 1.82) is 0 Å². The van der Waals surface area contributed by atoms with E-state index < -0.39 is 0 Å². The van der Waals surface area contributed by atoms with Gasteiger partial charge >= 0.3 is 0 Å². The van der Waals surface area contributed by atoms with Crippen molar-refractivity contribution in [3.63, 3.8) is 0 Å². The minimum absolute atomic E-state index is 0.280. The number of hydrogen-bond acceptors (Lipinski definition) is 3. The maximum Gasteiger partial charge on any atom is 0.161 e. The van der Waals surface area contributed by atoms with E-state index >= 15 is 0 Å². The van der Waals surface area contributed by atoms with Crippen LogP contribution in [0.3, 0.4) is 0 Å². The lowest BCUT2D eigenvalue weighted by Crippen LogP contribution is -2.05. The summed E-state index contributed by atoms with van der Waals surface area (Å²) in [6.07, 6.45) is 0. The van der Waals surface area contributed by atoms with E-state index in [1.165, 1.54) is 12.1 Å². The summed E-state index contributed by atoms with van der Waals surface area (Å²) in [6.45, 7) is 0.607. The molecule has 2 N–H and O–H groups in total. The van der Waals surface area contributed by atoms with Crippen LogP contribution in [0.2, 0.25) is 0 Å². The van der Waals surface area contributed by atoms with Gasteiger partial charge in [-0.2, -0.15) is 0 Å². The number of benzene rings is 2. The zero-order valence-electron chi connectivity index (χ0n) is 10.7. The fraction of sp³-hybridized carbons (Fsp3) is 0.200. The van der Waals surface area contributed by atoms with Crippen LogP contribution in [-0.4, -0.2) is 7.11 Å². The lowest BCUT2D eigenvalue weighted by atomic mass is 10.1. The second-order valence-electron chi connectivity index (χ2n) is 4.06. The first kappa shape index (κ1) is 13.4. The molecule has 0 saturated heterocycles. The van der Waals surface area contributed by atoms with Crippen molar-refractivity contribution in [3.8, 4) is 11.5 Å². The summed E-state index contributed by atoms with van der Waals surface area (Å²) in [7, 11) is 1.59. The first-order valence-electron chi connectivity index (χ1n) is 5.97. The molecule has 0 aliphatic carbocycles. The van der Waals surface area contributed by atoms with E-state index in [4.69, 9.17) is 15.2 Å². The topological polar surface area (TPSA) is 44.5 Å². The summed E-state index contributed by atoms with van der Waals surface area (Å²) >= 11 is 0. The molecule has 2 aromatic rings. The molecule has 0 aliphatic rings. The Kier molecular flexibility index (Phi) is 4.36. The molecule has 4 heteroatoms. The van der Waals surface area contributed by atoms with Crippen LogP contribution in [0.4, 0.5) is 4.39 Å². The fourth-order valence-corrected chi connectivity index (χ4v) is 1.82. The molecule has 0 atom stereocenters. The van der Waals surface area contributed by atoms with E-state index in [9.17, 15) is 4.39 Å². The van der Waals surface area contributed by atoms with Crippen molar-refractivity contribution >= 4 is 0 Å². The predicted molar refractivity (Wildman–Crippen MR) is 71.6 cm³/mol. The molecule has 0 fully saturated rings. The number of rotatable bonds is 5. The van der Waals surface area contributed by atoms with Gasteiger partial charge in [0.25, 0.3) is 0 Å². The first-order valence-corrected chi connectivity index (χ1v) is 5.97. The van der Waals surface area contributed by atoms with Gasteiger partial charge in [0, 0.05) is 6.54 Å². The van der Waals surface area contributed by atoms with Crippen molar-refractivity contribution in [1.82, 2.24) is 0 Å². The maximum absolute atomic E-state index is 13.1. The van der Waals surface area contributed by atoms with Gasteiger partial charge in [0.15, 0.2) is 11.5 Å². The van der Waals surface area contributed by atoms with E-state index in [1.807, 2.05) is 24.3 Å². The van der Waals surface area contributed by atoms with E-state index in [2.05, 4.69) is 0 Å². The summed E-state index contributed by atoms with van der Waals surface area (Å²) in [5.74, 6) is 1.03. The Bertz CT molecular complexity index is 558. The second kappa shape index (κ2) is 6.20. The molecule has 19 heavy (non-hydrogen) atoms. The Labute approximate surface area is 111 Å².